The third-order valence-corrected chi connectivity index (χ3v) is 3.47. The molecule has 1 N–H and O–H groups in total. The zero-order chi connectivity index (χ0) is 15.9. The topological polar surface area (TPSA) is 46.5 Å². The number of aliphatic hydroxyl groups excluding tert-OH is 1. The van der Waals surface area contributed by atoms with E-state index in [1.54, 1.807) is 0 Å². The normalized spacial score (nSPS) is 17.0. The highest BCUT2D eigenvalue weighted by Crippen LogP contribution is 2.43. The minimum absolute atomic E-state index is 0.0598. The van der Waals surface area contributed by atoms with Crippen molar-refractivity contribution in [1.82, 2.24) is 0 Å². The van der Waals surface area contributed by atoms with Crippen LogP contribution in [0.2, 0.25) is 0 Å². The molecule has 0 fully saturated rings. The molecular weight excluding hydrogens is 290 g/mol. The van der Waals surface area contributed by atoms with Gasteiger partial charge in [0.25, 0.3) is 0 Å². The molecule has 1 atom stereocenters. The zero-order valence-corrected chi connectivity index (χ0v) is 11.6. The number of Topliss-reactive ketones (excluding diaryl/α,β-unsaturated/α-hetero) is 1. The number of ketones is 1. The number of benzene rings is 2. The van der Waals surface area contributed by atoms with Gasteiger partial charge in [0, 0.05) is 12.5 Å². The Balaban J connectivity index is 2.24. The number of halogens is 2. The van der Waals surface area contributed by atoms with Gasteiger partial charge >= 0.3 is 0 Å². The van der Waals surface area contributed by atoms with Gasteiger partial charge in [0.15, 0.2) is 11.5 Å². The van der Waals surface area contributed by atoms with E-state index in [2.05, 4.69) is 0 Å². The summed E-state index contributed by atoms with van der Waals surface area (Å²) in [6.45, 7) is 1.27. The quantitative estimate of drug-likeness (QED) is 0.925. The lowest BCUT2D eigenvalue weighted by molar-refractivity contribution is -0.115. The molecule has 2 aromatic rings. The molecule has 1 unspecified atom stereocenters. The number of rotatable bonds is 2. The Labute approximate surface area is 125 Å². The van der Waals surface area contributed by atoms with Crippen molar-refractivity contribution in [3.63, 3.8) is 0 Å². The van der Waals surface area contributed by atoms with Crippen LogP contribution in [0.4, 0.5) is 8.78 Å². The van der Waals surface area contributed by atoms with Gasteiger partial charge in [-0.15, -0.1) is 0 Å². The molecule has 0 aromatic heterocycles. The number of aliphatic hydroxyl groups is 1. The Morgan fingerprint density at radius 1 is 1.18 bits per heavy atom. The fraction of sp³-hybridized carbons (Fsp3) is 0.118. The second-order valence-corrected chi connectivity index (χ2v) is 4.97. The van der Waals surface area contributed by atoms with Gasteiger partial charge in [-0.25, -0.2) is 8.78 Å². The Bertz CT molecular complexity index is 796. The van der Waals surface area contributed by atoms with E-state index < -0.39 is 23.5 Å². The monoisotopic (exact) mass is 302 g/mol. The van der Waals surface area contributed by atoms with E-state index in [1.165, 1.54) is 43.3 Å². The molecule has 0 spiro atoms. The first-order valence-corrected chi connectivity index (χ1v) is 6.64. The third-order valence-electron chi connectivity index (χ3n) is 3.47. The largest absolute Gasteiger partial charge is 0.453 e. The summed E-state index contributed by atoms with van der Waals surface area (Å²) in [5, 5.41) is 10.5. The lowest BCUT2D eigenvalue weighted by Gasteiger charge is -2.27. The molecule has 1 aliphatic rings. The van der Waals surface area contributed by atoms with Crippen LogP contribution in [-0.2, 0) is 4.79 Å². The third kappa shape index (κ3) is 2.29. The van der Waals surface area contributed by atoms with Crippen LogP contribution in [0.25, 0.3) is 5.57 Å². The van der Waals surface area contributed by atoms with E-state index in [0.29, 0.717) is 0 Å². The molecular formula is C17H12F2O3. The molecule has 0 radical (unpaired) electrons. The lowest BCUT2D eigenvalue weighted by atomic mass is 9.90. The van der Waals surface area contributed by atoms with Crippen molar-refractivity contribution in [2.45, 2.75) is 13.0 Å². The first-order chi connectivity index (χ1) is 10.5. The molecule has 0 saturated heterocycles. The average molecular weight is 302 g/mol. The lowest BCUT2D eigenvalue weighted by Crippen LogP contribution is -2.20. The van der Waals surface area contributed by atoms with Gasteiger partial charge in [-0.05, 0) is 29.8 Å². The number of ether oxygens (including phenoxy) is 1. The van der Waals surface area contributed by atoms with Gasteiger partial charge in [0.2, 0.25) is 0 Å². The number of hydrogen-bond acceptors (Lipinski definition) is 3. The van der Waals surface area contributed by atoms with E-state index in [0.717, 1.165) is 6.07 Å². The molecule has 0 aliphatic carbocycles. The Hall–Kier alpha value is -2.53. The summed E-state index contributed by atoms with van der Waals surface area (Å²) in [7, 11) is 0. The van der Waals surface area contributed by atoms with Crippen molar-refractivity contribution < 1.29 is 23.4 Å². The van der Waals surface area contributed by atoms with Crippen LogP contribution < -0.4 is 4.74 Å². The van der Waals surface area contributed by atoms with Crippen molar-refractivity contribution in [1.29, 1.82) is 0 Å². The summed E-state index contributed by atoms with van der Waals surface area (Å²) in [4.78, 5) is 11.8. The average Bonchev–Trinajstić information content (AvgIpc) is 2.46. The highest BCUT2D eigenvalue weighted by molar-refractivity contribution is 6.01. The zero-order valence-electron chi connectivity index (χ0n) is 11.6. The number of fused-ring (bicyclic) bond motifs is 1. The minimum Gasteiger partial charge on any atom is -0.453 e. The van der Waals surface area contributed by atoms with Crippen molar-refractivity contribution in [2.75, 3.05) is 0 Å². The van der Waals surface area contributed by atoms with Gasteiger partial charge in [0.05, 0.1) is 5.56 Å². The SMILES string of the molecule is CC(=O)C1=C(c2cccc(F)c2)C(O)c2c(F)cccc2O1. The van der Waals surface area contributed by atoms with Gasteiger partial charge in [-0.3, -0.25) is 4.79 Å². The number of allylic oxidation sites excluding steroid dienone is 1. The fourth-order valence-corrected chi connectivity index (χ4v) is 2.51. The minimum atomic E-state index is -1.41. The van der Waals surface area contributed by atoms with Crippen molar-refractivity contribution >= 4 is 11.4 Å². The smallest absolute Gasteiger partial charge is 0.195 e. The molecule has 1 heterocycles. The summed E-state index contributed by atoms with van der Waals surface area (Å²) in [6, 6.07) is 9.45. The van der Waals surface area contributed by atoms with Crippen molar-refractivity contribution in [3.8, 4) is 5.75 Å². The molecule has 2 aromatic carbocycles. The molecule has 0 amide bonds. The number of hydrogen-bond donors (Lipinski definition) is 1. The van der Waals surface area contributed by atoms with Crippen LogP contribution in [-0.4, -0.2) is 10.9 Å². The fourth-order valence-electron chi connectivity index (χ4n) is 2.51. The van der Waals surface area contributed by atoms with Crippen molar-refractivity contribution in [2.24, 2.45) is 0 Å². The van der Waals surface area contributed by atoms with E-state index in [9.17, 15) is 18.7 Å². The molecule has 5 heteroatoms. The van der Waals surface area contributed by atoms with Crippen LogP contribution in [0.3, 0.4) is 0 Å². The van der Waals surface area contributed by atoms with Gasteiger partial charge < -0.3 is 9.84 Å². The molecule has 0 saturated carbocycles. The maximum absolute atomic E-state index is 14.0. The van der Waals surface area contributed by atoms with Crippen LogP contribution in [0, 0.1) is 11.6 Å². The van der Waals surface area contributed by atoms with Gasteiger partial charge in [-0.2, -0.15) is 0 Å². The van der Waals surface area contributed by atoms with Crippen LogP contribution in [0.1, 0.15) is 24.2 Å². The molecule has 1 aliphatic heterocycles. The Kier molecular flexibility index (Phi) is 3.50. The van der Waals surface area contributed by atoms with E-state index in [1.807, 2.05) is 0 Å². The highest BCUT2D eigenvalue weighted by atomic mass is 19.1. The molecule has 0 bridgehead atoms. The molecule has 3 nitrogen and oxygen atoms in total. The maximum Gasteiger partial charge on any atom is 0.195 e. The number of carbonyl (C=O) groups excluding carboxylic acids is 1. The number of carbonyl (C=O) groups is 1. The second-order valence-electron chi connectivity index (χ2n) is 4.97. The highest BCUT2D eigenvalue weighted by Gasteiger charge is 2.33. The Morgan fingerprint density at radius 3 is 2.59 bits per heavy atom. The van der Waals surface area contributed by atoms with E-state index in [4.69, 9.17) is 4.74 Å². The van der Waals surface area contributed by atoms with Gasteiger partial charge in [-0.1, -0.05) is 18.2 Å². The molecule has 112 valence electrons. The van der Waals surface area contributed by atoms with Crippen LogP contribution >= 0.6 is 0 Å². The molecule has 3 rings (SSSR count). The second kappa shape index (κ2) is 5.35. The van der Waals surface area contributed by atoms with Crippen molar-refractivity contribution in [3.05, 3.63) is 71.0 Å². The summed E-state index contributed by atoms with van der Waals surface area (Å²) in [5.41, 5.74) is 0.267. The first kappa shape index (κ1) is 14.4. The van der Waals surface area contributed by atoms with E-state index in [-0.39, 0.29) is 28.2 Å². The van der Waals surface area contributed by atoms with Crippen LogP contribution in [0.15, 0.2) is 48.2 Å². The standard InChI is InChI=1S/C17H12F2O3/c1-9(20)17-14(10-4-2-5-11(18)8-10)16(21)15-12(19)6-3-7-13(15)22-17/h2-8,16,21H,1H3. The van der Waals surface area contributed by atoms with E-state index >= 15 is 0 Å². The Morgan fingerprint density at radius 2 is 1.91 bits per heavy atom. The maximum atomic E-state index is 14.0. The summed E-state index contributed by atoms with van der Waals surface area (Å²) in [5.74, 6) is -1.65. The summed E-state index contributed by atoms with van der Waals surface area (Å²) in [6.07, 6.45) is -1.41. The molecule has 22 heavy (non-hydrogen) atoms. The predicted molar refractivity (Wildman–Crippen MR) is 76.0 cm³/mol. The van der Waals surface area contributed by atoms with Crippen LogP contribution in [0.5, 0.6) is 5.75 Å². The summed E-state index contributed by atoms with van der Waals surface area (Å²) < 4.78 is 32.9. The summed E-state index contributed by atoms with van der Waals surface area (Å²) >= 11 is 0. The van der Waals surface area contributed by atoms with Gasteiger partial charge in [0.1, 0.15) is 23.5 Å². The predicted octanol–water partition coefficient (Wildman–Crippen LogP) is 3.39. The first-order valence-electron chi connectivity index (χ1n) is 6.64.